The van der Waals surface area contributed by atoms with Gasteiger partial charge in [-0.25, -0.2) is 0 Å². The van der Waals surface area contributed by atoms with Gasteiger partial charge in [0.05, 0.1) is 12.0 Å². The van der Waals surface area contributed by atoms with Crippen LogP contribution in [-0.2, 0) is 9.59 Å². The normalized spacial score (nSPS) is 29.3. The standard InChI is InChI=1S/C20H27N3O2.ClH/c1-14(15-5-3-2-4-6-15)22-13-16(11-19(22)24)20(25)23-17-7-8-18(23)12-21-10-9-17;/h2-6,14,16-18,21H,7-13H2,1H3;1H. The maximum absolute atomic E-state index is 13.2. The predicted octanol–water partition coefficient (Wildman–Crippen LogP) is 2.37. The first-order valence-electron chi connectivity index (χ1n) is 9.52. The number of carbonyl (C=O) groups is 2. The highest BCUT2D eigenvalue weighted by Gasteiger charge is 2.44. The molecule has 1 aromatic rings. The third-order valence-electron chi connectivity index (χ3n) is 6.17. The summed E-state index contributed by atoms with van der Waals surface area (Å²) in [7, 11) is 0. The zero-order chi connectivity index (χ0) is 17.4. The van der Waals surface area contributed by atoms with Crippen LogP contribution < -0.4 is 5.32 Å². The second kappa shape index (κ2) is 7.97. The van der Waals surface area contributed by atoms with Gasteiger partial charge in [0.25, 0.3) is 0 Å². The molecule has 3 aliphatic heterocycles. The van der Waals surface area contributed by atoms with E-state index >= 15 is 0 Å². The minimum absolute atomic E-state index is 0. The average Bonchev–Trinajstić information content (AvgIpc) is 3.13. The molecule has 3 fully saturated rings. The van der Waals surface area contributed by atoms with Gasteiger partial charge in [-0.05, 0) is 38.3 Å². The molecule has 0 aromatic heterocycles. The highest BCUT2D eigenvalue weighted by molar-refractivity contribution is 5.90. The zero-order valence-electron chi connectivity index (χ0n) is 15.3. The van der Waals surface area contributed by atoms with Crippen LogP contribution in [0.5, 0.6) is 0 Å². The average molecular weight is 378 g/mol. The largest absolute Gasteiger partial charge is 0.335 e. The van der Waals surface area contributed by atoms with Crippen molar-refractivity contribution in [1.29, 1.82) is 0 Å². The lowest BCUT2D eigenvalue weighted by atomic mass is 10.0. The number of hydrogen-bond donors (Lipinski definition) is 1. The van der Waals surface area contributed by atoms with E-state index in [0.717, 1.165) is 37.9 Å². The lowest BCUT2D eigenvalue weighted by molar-refractivity contribution is -0.138. The molecular formula is C20H28ClN3O2. The van der Waals surface area contributed by atoms with Crippen molar-refractivity contribution < 1.29 is 9.59 Å². The van der Waals surface area contributed by atoms with E-state index in [1.165, 1.54) is 0 Å². The maximum Gasteiger partial charge on any atom is 0.228 e. The van der Waals surface area contributed by atoms with Gasteiger partial charge in [-0.3, -0.25) is 9.59 Å². The van der Waals surface area contributed by atoms with Crippen molar-refractivity contribution >= 4 is 24.2 Å². The van der Waals surface area contributed by atoms with Gasteiger partial charge in [-0.15, -0.1) is 12.4 Å². The first-order chi connectivity index (χ1) is 12.1. The van der Waals surface area contributed by atoms with E-state index in [2.05, 4.69) is 17.1 Å². The van der Waals surface area contributed by atoms with Gasteiger partial charge < -0.3 is 15.1 Å². The summed E-state index contributed by atoms with van der Waals surface area (Å²) in [6, 6.07) is 10.8. The third-order valence-corrected chi connectivity index (χ3v) is 6.17. The van der Waals surface area contributed by atoms with Crippen molar-refractivity contribution in [2.45, 2.75) is 50.7 Å². The Labute approximate surface area is 161 Å². The Balaban J connectivity index is 0.00000196. The number of nitrogens with zero attached hydrogens (tertiary/aromatic N) is 2. The summed E-state index contributed by atoms with van der Waals surface area (Å²) in [6.07, 6.45) is 3.60. The number of benzene rings is 1. The second-order valence-electron chi connectivity index (χ2n) is 7.66. The van der Waals surface area contributed by atoms with Crippen molar-refractivity contribution in [3.63, 3.8) is 0 Å². The van der Waals surface area contributed by atoms with Gasteiger partial charge in [0.2, 0.25) is 11.8 Å². The fourth-order valence-corrected chi connectivity index (χ4v) is 4.74. The van der Waals surface area contributed by atoms with E-state index in [1.54, 1.807) is 0 Å². The quantitative estimate of drug-likeness (QED) is 0.879. The summed E-state index contributed by atoms with van der Waals surface area (Å²) in [5, 5.41) is 3.44. The minimum atomic E-state index is -0.181. The molecule has 6 heteroatoms. The molecule has 0 spiro atoms. The fourth-order valence-electron chi connectivity index (χ4n) is 4.74. The molecule has 0 aliphatic carbocycles. The number of fused-ring (bicyclic) bond motifs is 2. The predicted molar refractivity (Wildman–Crippen MR) is 103 cm³/mol. The van der Waals surface area contributed by atoms with Gasteiger partial charge in [-0.2, -0.15) is 0 Å². The fraction of sp³-hybridized carbons (Fsp3) is 0.600. The van der Waals surface area contributed by atoms with Crippen molar-refractivity contribution in [1.82, 2.24) is 15.1 Å². The van der Waals surface area contributed by atoms with Crippen LogP contribution in [0, 0.1) is 5.92 Å². The molecule has 4 rings (SSSR count). The Bertz CT molecular complexity index is 640. The minimum Gasteiger partial charge on any atom is -0.335 e. The number of likely N-dealkylation sites (tertiary alicyclic amines) is 1. The summed E-state index contributed by atoms with van der Waals surface area (Å²) >= 11 is 0. The smallest absolute Gasteiger partial charge is 0.228 e. The van der Waals surface area contributed by atoms with Crippen LogP contribution in [0.1, 0.15) is 44.2 Å². The first kappa shape index (κ1) is 19.2. The van der Waals surface area contributed by atoms with Gasteiger partial charge in [-0.1, -0.05) is 30.3 Å². The Kier molecular flexibility index (Phi) is 5.88. The van der Waals surface area contributed by atoms with Crippen molar-refractivity contribution in [2.75, 3.05) is 19.6 Å². The van der Waals surface area contributed by atoms with Crippen LogP contribution in [-0.4, -0.2) is 53.3 Å². The highest BCUT2D eigenvalue weighted by Crippen LogP contribution is 2.34. The molecule has 3 heterocycles. The molecular weight excluding hydrogens is 350 g/mol. The van der Waals surface area contributed by atoms with Crippen molar-refractivity contribution in [2.24, 2.45) is 5.92 Å². The van der Waals surface area contributed by atoms with Crippen LogP contribution in [0.3, 0.4) is 0 Å². The number of carbonyl (C=O) groups excluding carboxylic acids is 2. The molecule has 142 valence electrons. The summed E-state index contributed by atoms with van der Waals surface area (Å²) in [4.78, 5) is 29.8. The number of halogens is 1. The van der Waals surface area contributed by atoms with Crippen LogP contribution in [0.4, 0.5) is 0 Å². The third kappa shape index (κ3) is 3.47. The Morgan fingerprint density at radius 2 is 1.88 bits per heavy atom. The Morgan fingerprint density at radius 3 is 2.65 bits per heavy atom. The SMILES string of the molecule is CC(c1ccccc1)N1CC(C(=O)N2C3CCNCC2CC3)CC1=O.Cl. The molecule has 0 radical (unpaired) electrons. The highest BCUT2D eigenvalue weighted by atomic mass is 35.5. The van der Waals surface area contributed by atoms with Gasteiger partial charge in [0.15, 0.2) is 0 Å². The Hall–Kier alpha value is -1.59. The van der Waals surface area contributed by atoms with Crippen molar-refractivity contribution in [3.8, 4) is 0 Å². The molecule has 1 N–H and O–H groups in total. The van der Waals surface area contributed by atoms with E-state index in [-0.39, 0.29) is 36.2 Å². The molecule has 0 saturated carbocycles. The summed E-state index contributed by atoms with van der Waals surface area (Å²) in [5.74, 6) is 0.127. The van der Waals surface area contributed by atoms with Gasteiger partial charge in [0, 0.05) is 31.6 Å². The molecule has 5 nitrogen and oxygen atoms in total. The number of amides is 2. The molecule has 4 atom stereocenters. The van der Waals surface area contributed by atoms with E-state index in [9.17, 15) is 9.59 Å². The van der Waals surface area contributed by atoms with E-state index in [4.69, 9.17) is 0 Å². The molecule has 26 heavy (non-hydrogen) atoms. The molecule has 2 bridgehead atoms. The lowest BCUT2D eigenvalue weighted by Crippen LogP contribution is -2.46. The van der Waals surface area contributed by atoms with Crippen LogP contribution in [0.25, 0.3) is 0 Å². The van der Waals surface area contributed by atoms with E-state index < -0.39 is 0 Å². The lowest BCUT2D eigenvalue weighted by Gasteiger charge is -2.31. The van der Waals surface area contributed by atoms with Crippen LogP contribution >= 0.6 is 12.4 Å². The van der Waals surface area contributed by atoms with Crippen LogP contribution in [0.2, 0.25) is 0 Å². The first-order valence-corrected chi connectivity index (χ1v) is 9.52. The summed E-state index contributed by atoms with van der Waals surface area (Å²) in [5.41, 5.74) is 1.13. The van der Waals surface area contributed by atoms with Gasteiger partial charge in [0.1, 0.15) is 0 Å². The monoisotopic (exact) mass is 377 g/mol. The molecule has 2 amide bonds. The number of rotatable bonds is 3. The van der Waals surface area contributed by atoms with Crippen molar-refractivity contribution in [3.05, 3.63) is 35.9 Å². The van der Waals surface area contributed by atoms with Crippen LogP contribution in [0.15, 0.2) is 30.3 Å². The molecule has 3 aliphatic rings. The molecule has 3 saturated heterocycles. The zero-order valence-corrected chi connectivity index (χ0v) is 16.1. The molecule has 1 aromatic carbocycles. The van der Waals surface area contributed by atoms with E-state index in [0.29, 0.717) is 25.0 Å². The number of nitrogens with one attached hydrogen (secondary N) is 1. The summed E-state index contributed by atoms with van der Waals surface area (Å²) in [6.45, 7) is 4.50. The van der Waals surface area contributed by atoms with E-state index in [1.807, 2.05) is 35.2 Å². The Morgan fingerprint density at radius 1 is 1.15 bits per heavy atom. The molecule has 4 unspecified atom stereocenters. The maximum atomic E-state index is 13.2. The van der Waals surface area contributed by atoms with Gasteiger partial charge >= 0.3 is 0 Å². The number of hydrogen-bond acceptors (Lipinski definition) is 3. The topological polar surface area (TPSA) is 52.7 Å². The second-order valence-corrected chi connectivity index (χ2v) is 7.66. The summed E-state index contributed by atoms with van der Waals surface area (Å²) < 4.78 is 0.